The molecule has 0 fully saturated rings. The molecule has 0 bridgehead atoms. The number of para-hydroxylation sites is 3. The molecule has 0 atom stereocenters. The number of aryl methyl sites for hydroxylation is 2. The highest BCUT2D eigenvalue weighted by Gasteiger charge is 2.12. The lowest BCUT2D eigenvalue weighted by Crippen LogP contribution is -2.24. The molecule has 130 valence electrons. The van der Waals surface area contributed by atoms with Crippen molar-refractivity contribution >= 4 is 33.5 Å². The van der Waals surface area contributed by atoms with Gasteiger partial charge in [-0.1, -0.05) is 30.3 Å². The number of rotatable bonds is 4. The van der Waals surface area contributed by atoms with E-state index in [2.05, 4.69) is 10.3 Å². The minimum atomic E-state index is -0.150. The molecule has 6 heteroatoms. The van der Waals surface area contributed by atoms with Crippen LogP contribution < -0.4 is 11.0 Å². The van der Waals surface area contributed by atoms with E-state index >= 15 is 0 Å². The summed E-state index contributed by atoms with van der Waals surface area (Å²) >= 11 is 0. The van der Waals surface area contributed by atoms with Crippen molar-refractivity contribution in [2.24, 2.45) is 7.05 Å². The summed E-state index contributed by atoms with van der Waals surface area (Å²) in [6, 6.07) is 17.1. The monoisotopic (exact) mass is 346 g/mol. The fourth-order valence-corrected chi connectivity index (χ4v) is 3.21. The third-order valence-electron chi connectivity index (χ3n) is 4.52. The topological polar surface area (TPSA) is 68.9 Å². The molecule has 0 spiro atoms. The maximum absolute atomic E-state index is 12.4. The van der Waals surface area contributed by atoms with Gasteiger partial charge in [0.05, 0.1) is 22.2 Å². The lowest BCUT2D eigenvalue weighted by molar-refractivity contribution is -0.116. The third kappa shape index (κ3) is 2.75. The minimum Gasteiger partial charge on any atom is -0.324 e. The molecular weight excluding hydrogens is 328 g/mol. The second kappa shape index (κ2) is 6.48. The van der Waals surface area contributed by atoms with Crippen LogP contribution in [0, 0.1) is 0 Å². The first kappa shape index (κ1) is 16.1. The number of pyridine rings is 1. The van der Waals surface area contributed by atoms with Crippen molar-refractivity contribution in [3.8, 4) is 0 Å². The second-order valence-electron chi connectivity index (χ2n) is 6.16. The number of imidazole rings is 1. The molecule has 1 N–H and O–H groups in total. The van der Waals surface area contributed by atoms with Gasteiger partial charge in [0.2, 0.25) is 5.91 Å². The summed E-state index contributed by atoms with van der Waals surface area (Å²) in [6.07, 6.45) is 1.91. The van der Waals surface area contributed by atoms with Crippen LogP contribution in [-0.4, -0.2) is 20.0 Å². The standard InChI is InChI=1S/C20H18N4O2/c1-23-16-9-2-3-10-17(16)24(20(23)26)13-11-18(25)22-15-8-4-6-14-7-5-12-21-19(14)15/h2-10,12H,11,13H2,1H3,(H,22,25). The molecule has 2 aromatic carbocycles. The molecule has 0 aliphatic rings. The molecule has 2 heterocycles. The van der Waals surface area contributed by atoms with Gasteiger partial charge >= 0.3 is 5.69 Å². The van der Waals surface area contributed by atoms with Gasteiger partial charge in [-0.3, -0.25) is 18.9 Å². The zero-order valence-corrected chi connectivity index (χ0v) is 14.3. The van der Waals surface area contributed by atoms with Gasteiger partial charge in [0.1, 0.15) is 0 Å². The highest BCUT2D eigenvalue weighted by atomic mass is 16.2. The van der Waals surface area contributed by atoms with Gasteiger partial charge in [-0.25, -0.2) is 4.79 Å². The first-order valence-electron chi connectivity index (χ1n) is 8.43. The quantitative estimate of drug-likeness (QED) is 0.618. The maximum atomic E-state index is 12.4. The largest absolute Gasteiger partial charge is 0.328 e. The number of hydrogen-bond donors (Lipinski definition) is 1. The Bertz CT molecular complexity index is 1170. The Balaban J connectivity index is 1.55. The van der Waals surface area contributed by atoms with Crippen LogP contribution in [0.15, 0.2) is 65.6 Å². The molecule has 0 saturated heterocycles. The summed E-state index contributed by atoms with van der Waals surface area (Å²) < 4.78 is 3.23. The van der Waals surface area contributed by atoms with Gasteiger partial charge < -0.3 is 5.32 Å². The molecule has 4 rings (SSSR count). The molecule has 4 aromatic rings. The van der Waals surface area contributed by atoms with Crippen LogP contribution in [0.5, 0.6) is 0 Å². The average Bonchev–Trinajstić information content (AvgIpc) is 2.91. The van der Waals surface area contributed by atoms with Crippen LogP contribution in [-0.2, 0) is 18.4 Å². The van der Waals surface area contributed by atoms with E-state index < -0.39 is 0 Å². The lowest BCUT2D eigenvalue weighted by atomic mass is 10.2. The van der Waals surface area contributed by atoms with Gasteiger partial charge in [-0.2, -0.15) is 0 Å². The molecule has 0 aliphatic carbocycles. The zero-order chi connectivity index (χ0) is 18.1. The number of anilines is 1. The molecule has 26 heavy (non-hydrogen) atoms. The van der Waals surface area contributed by atoms with Crippen molar-refractivity contribution in [3.05, 3.63) is 71.3 Å². The number of hydrogen-bond acceptors (Lipinski definition) is 3. The van der Waals surface area contributed by atoms with Crippen LogP contribution in [0.25, 0.3) is 21.9 Å². The van der Waals surface area contributed by atoms with Gasteiger partial charge in [0.15, 0.2) is 0 Å². The van der Waals surface area contributed by atoms with Gasteiger partial charge in [-0.05, 0) is 24.3 Å². The molecule has 0 radical (unpaired) electrons. The Labute approximate surface area is 149 Å². The van der Waals surface area contributed by atoms with Crippen LogP contribution in [0.4, 0.5) is 5.69 Å². The second-order valence-corrected chi connectivity index (χ2v) is 6.16. The maximum Gasteiger partial charge on any atom is 0.328 e. The van der Waals surface area contributed by atoms with Gasteiger partial charge in [0.25, 0.3) is 0 Å². The highest BCUT2D eigenvalue weighted by molar-refractivity contribution is 6.00. The number of carbonyl (C=O) groups is 1. The molecule has 6 nitrogen and oxygen atoms in total. The van der Waals surface area contributed by atoms with Crippen molar-refractivity contribution in [1.82, 2.24) is 14.1 Å². The molecule has 0 aliphatic heterocycles. The molecule has 1 amide bonds. The van der Waals surface area contributed by atoms with Crippen LogP contribution in [0.2, 0.25) is 0 Å². The van der Waals surface area contributed by atoms with Crippen molar-refractivity contribution in [1.29, 1.82) is 0 Å². The first-order chi connectivity index (χ1) is 12.6. The van der Waals surface area contributed by atoms with E-state index in [0.29, 0.717) is 12.2 Å². The number of amides is 1. The number of nitrogens with one attached hydrogen (secondary N) is 1. The Hall–Kier alpha value is -3.41. The number of fused-ring (bicyclic) bond motifs is 2. The van der Waals surface area contributed by atoms with Crippen molar-refractivity contribution < 1.29 is 4.79 Å². The predicted octanol–water partition coefficient (Wildman–Crippen LogP) is 2.92. The van der Waals surface area contributed by atoms with E-state index in [9.17, 15) is 9.59 Å². The molecule has 0 unspecified atom stereocenters. The van der Waals surface area contributed by atoms with Crippen molar-refractivity contribution in [2.45, 2.75) is 13.0 Å². The van der Waals surface area contributed by atoms with Crippen molar-refractivity contribution in [2.75, 3.05) is 5.32 Å². The normalized spacial score (nSPS) is 11.1. The van der Waals surface area contributed by atoms with Crippen LogP contribution in [0.3, 0.4) is 0 Å². The summed E-state index contributed by atoms with van der Waals surface area (Å²) in [5.41, 5.74) is 3.01. The summed E-state index contributed by atoms with van der Waals surface area (Å²) in [5, 5.41) is 3.87. The van der Waals surface area contributed by atoms with E-state index in [1.807, 2.05) is 54.6 Å². The van der Waals surface area contributed by atoms with E-state index in [4.69, 9.17) is 0 Å². The van der Waals surface area contributed by atoms with Crippen molar-refractivity contribution in [3.63, 3.8) is 0 Å². The smallest absolute Gasteiger partial charge is 0.324 e. The van der Waals surface area contributed by atoms with Gasteiger partial charge in [-0.15, -0.1) is 0 Å². The minimum absolute atomic E-state index is 0.120. The summed E-state index contributed by atoms with van der Waals surface area (Å²) in [4.78, 5) is 29.2. The van der Waals surface area contributed by atoms with E-state index in [1.165, 1.54) is 0 Å². The SMILES string of the molecule is Cn1c(=O)n(CCC(=O)Nc2cccc3cccnc23)c2ccccc21. The van der Waals surface area contributed by atoms with E-state index in [-0.39, 0.29) is 18.0 Å². The summed E-state index contributed by atoms with van der Waals surface area (Å²) in [5.74, 6) is -0.150. The molecular formula is C20H18N4O2. The number of benzene rings is 2. The first-order valence-corrected chi connectivity index (χ1v) is 8.43. The highest BCUT2D eigenvalue weighted by Crippen LogP contribution is 2.21. The Morgan fingerprint density at radius 3 is 2.65 bits per heavy atom. The summed E-state index contributed by atoms with van der Waals surface area (Å²) in [7, 11) is 1.74. The van der Waals surface area contributed by atoms with E-state index in [0.717, 1.165) is 21.9 Å². The van der Waals surface area contributed by atoms with E-state index in [1.54, 1.807) is 22.4 Å². The Kier molecular flexibility index (Phi) is 4.01. The molecule has 0 saturated carbocycles. The number of aromatic nitrogens is 3. The lowest BCUT2D eigenvalue weighted by Gasteiger charge is -2.08. The summed E-state index contributed by atoms with van der Waals surface area (Å²) in [6.45, 7) is 0.324. The Morgan fingerprint density at radius 2 is 1.81 bits per heavy atom. The van der Waals surface area contributed by atoms with Gasteiger partial charge in [0, 0.05) is 31.6 Å². The fraction of sp³-hybridized carbons (Fsp3) is 0.150. The van der Waals surface area contributed by atoms with Crippen LogP contribution >= 0.6 is 0 Å². The van der Waals surface area contributed by atoms with Crippen LogP contribution in [0.1, 0.15) is 6.42 Å². The average molecular weight is 346 g/mol. The Morgan fingerprint density at radius 1 is 1.04 bits per heavy atom. The number of carbonyl (C=O) groups excluding carboxylic acids is 1. The zero-order valence-electron chi connectivity index (χ0n) is 14.3. The number of nitrogens with zero attached hydrogens (tertiary/aromatic N) is 3. The predicted molar refractivity (Wildman–Crippen MR) is 102 cm³/mol. The third-order valence-corrected chi connectivity index (χ3v) is 4.52. The fourth-order valence-electron chi connectivity index (χ4n) is 3.21. The molecule has 2 aromatic heterocycles.